The van der Waals surface area contributed by atoms with Crippen molar-refractivity contribution in [2.75, 3.05) is 0 Å². The van der Waals surface area contributed by atoms with E-state index < -0.39 is 0 Å². The maximum absolute atomic E-state index is 12.2. The van der Waals surface area contributed by atoms with Crippen LogP contribution in [0.5, 0.6) is 0 Å². The van der Waals surface area contributed by atoms with E-state index in [-0.39, 0.29) is 5.91 Å². The standard InChI is InChI=1S/C13H18N4O2/c1-7-11(10(4)19-16-7)6-14-13(18)12-8(2)15-17(5)9(12)3/h6H2,1-5H3,(H,14,18). The lowest BCUT2D eigenvalue weighted by molar-refractivity contribution is 0.0949. The number of rotatable bonds is 3. The lowest BCUT2D eigenvalue weighted by Gasteiger charge is -2.05. The molecule has 0 aliphatic rings. The van der Waals surface area contributed by atoms with Gasteiger partial charge >= 0.3 is 0 Å². The van der Waals surface area contributed by atoms with Crippen molar-refractivity contribution in [2.24, 2.45) is 7.05 Å². The van der Waals surface area contributed by atoms with Gasteiger partial charge in [0.2, 0.25) is 0 Å². The summed E-state index contributed by atoms with van der Waals surface area (Å²) < 4.78 is 6.78. The maximum atomic E-state index is 12.2. The van der Waals surface area contributed by atoms with Gasteiger partial charge in [-0.1, -0.05) is 5.16 Å². The Balaban J connectivity index is 2.14. The van der Waals surface area contributed by atoms with Gasteiger partial charge in [0.05, 0.1) is 17.0 Å². The smallest absolute Gasteiger partial charge is 0.255 e. The van der Waals surface area contributed by atoms with E-state index in [2.05, 4.69) is 15.6 Å². The van der Waals surface area contributed by atoms with Gasteiger partial charge in [0, 0.05) is 24.8 Å². The summed E-state index contributed by atoms with van der Waals surface area (Å²) in [6.45, 7) is 7.82. The Morgan fingerprint density at radius 2 is 1.95 bits per heavy atom. The zero-order valence-corrected chi connectivity index (χ0v) is 11.9. The average Bonchev–Trinajstić information content (AvgIpc) is 2.78. The highest BCUT2D eigenvalue weighted by Gasteiger charge is 2.18. The topological polar surface area (TPSA) is 73.0 Å². The molecule has 19 heavy (non-hydrogen) atoms. The van der Waals surface area contributed by atoms with Crippen LogP contribution in [0.15, 0.2) is 4.52 Å². The van der Waals surface area contributed by atoms with Crippen molar-refractivity contribution >= 4 is 5.91 Å². The third kappa shape index (κ3) is 2.38. The van der Waals surface area contributed by atoms with Gasteiger partial charge in [-0.05, 0) is 27.7 Å². The van der Waals surface area contributed by atoms with Gasteiger partial charge in [-0.15, -0.1) is 0 Å². The molecule has 0 fully saturated rings. The lowest BCUT2D eigenvalue weighted by atomic mass is 10.1. The molecule has 6 heteroatoms. The highest BCUT2D eigenvalue weighted by molar-refractivity contribution is 5.96. The molecule has 2 rings (SSSR count). The first-order chi connectivity index (χ1) is 8.91. The molecule has 0 radical (unpaired) electrons. The van der Waals surface area contributed by atoms with Crippen molar-refractivity contribution in [3.05, 3.63) is 34.0 Å². The van der Waals surface area contributed by atoms with E-state index in [1.807, 2.05) is 34.7 Å². The number of nitrogens with one attached hydrogen (secondary N) is 1. The van der Waals surface area contributed by atoms with Crippen LogP contribution < -0.4 is 5.32 Å². The number of amides is 1. The number of carbonyl (C=O) groups is 1. The maximum Gasteiger partial charge on any atom is 0.255 e. The second kappa shape index (κ2) is 4.87. The fraction of sp³-hybridized carbons (Fsp3) is 0.462. The predicted molar refractivity (Wildman–Crippen MR) is 69.8 cm³/mol. The van der Waals surface area contributed by atoms with E-state index in [0.717, 1.165) is 28.4 Å². The number of carbonyl (C=O) groups excluding carboxylic acids is 1. The van der Waals surface area contributed by atoms with Crippen molar-refractivity contribution in [1.29, 1.82) is 0 Å². The number of nitrogens with zero attached hydrogens (tertiary/aromatic N) is 3. The summed E-state index contributed by atoms with van der Waals surface area (Å²) in [5.74, 6) is 0.612. The molecule has 0 aromatic carbocycles. The van der Waals surface area contributed by atoms with Crippen molar-refractivity contribution in [1.82, 2.24) is 20.3 Å². The molecule has 0 aliphatic carbocycles. The first-order valence-corrected chi connectivity index (χ1v) is 6.12. The summed E-state index contributed by atoms with van der Waals surface area (Å²) >= 11 is 0. The van der Waals surface area contributed by atoms with Crippen LogP contribution in [0.3, 0.4) is 0 Å². The first kappa shape index (κ1) is 13.3. The molecule has 0 atom stereocenters. The highest BCUT2D eigenvalue weighted by Crippen LogP contribution is 2.14. The van der Waals surface area contributed by atoms with Crippen molar-refractivity contribution in [3.8, 4) is 0 Å². The number of aromatic nitrogens is 3. The molecule has 0 saturated heterocycles. The molecule has 0 unspecified atom stereocenters. The largest absolute Gasteiger partial charge is 0.361 e. The zero-order valence-electron chi connectivity index (χ0n) is 11.9. The Kier molecular flexibility index (Phi) is 3.42. The average molecular weight is 262 g/mol. The monoisotopic (exact) mass is 262 g/mol. The third-order valence-electron chi connectivity index (χ3n) is 3.34. The summed E-state index contributed by atoms with van der Waals surface area (Å²) in [5, 5.41) is 11.0. The summed E-state index contributed by atoms with van der Waals surface area (Å²) in [7, 11) is 1.83. The van der Waals surface area contributed by atoms with E-state index in [9.17, 15) is 4.79 Å². The van der Waals surface area contributed by atoms with E-state index in [1.54, 1.807) is 4.68 Å². The summed E-state index contributed by atoms with van der Waals surface area (Å²) in [6, 6.07) is 0. The van der Waals surface area contributed by atoms with E-state index >= 15 is 0 Å². The lowest BCUT2D eigenvalue weighted by Crippen LogP contribution is -2.24. The van der Waals surface area contributed by atoms with Crippen LogP contribution in [-0.2, 0) is 13.6 Å². The second-order valence-corrected chi connectivity index (χ2v) is 4.65. The van der Waals surface area contributed by atoms with Crippen LogP contribution in [0.1, 0.15) is 38.8 Å². The minimum atomic E-state index is -0.122. The van der Waals surface area contributed by atoms with Crippen LogP contribution in [0.4, 0.5) is 0 Å². The minimum absolute atomic E-state index is 0.122. The predicted octanol–water partition coefficient (Wildman–Crippen LogP) is 1.57. The summed E-state index contributed by atoms with van der Waals surface area (Å²) in [4.78, 5) is 12.2. The molecule has 0 bridgehead atoms. The van der Waals surface area contributed by atoms with Gasteiger partial charge in [-0.3, -0.25) is 9.48 Å². The van der Waals surface area contributed by atoms with E-state index in [4.69, 9.17) is 4.52 Å². The molecule has 1 N–H and O–H groups in total. The Hall–Kier alpha value is -2.11. The summed E-state index contributed by atoms with van der Waals surface area (Å²) in [5.41, 5.74) is 3.95. The van der Waals surface area contributed by atoms with Gasteiger partial charge in [0.15, 0.2) is 0 Å². The fourth-order valence-corrected chi connectivity index (χ4v) is 2.11. The molecule has 2 aromatic heterocycles. The highest BCUT2D eigenvalue weighted by atomic mass is 16.5. The van der Waals surface area contributed by atoms with Crippen molar-refractivity contribution < 1.29 is 9.32 Å². The Morgan fingerprint density at radius 1 is 1.26 bits per heavy atom. The molecule has 2 aromatic rings. The zero-order chi connectivity index (χ0) is 14.2. The molecular formula is C13H18N4O2. The van der Waals surface area contributed by atoms with E-state index in [0.29, 0.717) is 12.1 Å². The molecule has 6 nitrogen and oxygen atoms in total. The quantitative estimate of drug-likeness (QED) is 0.911. The second-order valence-electron chi connectivity index (χ2n) is 4.65. The van der Waals surface area contributed by atoms with Gasteiger partial charge in [-0.25, -0.2) is 0 Å². The Labute approximate surface area is 111 Å². The van der Waals surface area contributed by atoms with Gasteiger partial charge in [-0.2, -0.15) is 5.10 Å². The molecule has 2 heterocycles. The number of aryl methyl sites for hydroxylation is 4. The third-order valence-corrected chi connectivity index (χ3v) is 3.34. The van der Waals surface area contributed by atoms with Gasteiger partial charge in [0.1, 0.15) is 5.76 Å². The minimum Gasteiger partial charge on any atom is -0.361 e. The molecule has 0 spiro atoms. The molecule has 0 saturated carbocycles. The first-order valence-electron chi connectivity index (χ1n) is 6.12. The van der Waals surface area contributed by atoms with Crippen LogP contribution in [0.25, 0.3) is 0 Å². The van der Waals surface area contributed by atoms with E-state index in [1.165, 1.54) is 0 Å². The molecule has 1 amide bonds. The van der Waals surface area contributed by atoms with Crippen LogP contribution in [0.2, 0.25) is 0 Å². The van der Waals surface area contributed by atoms with Gasteiger partial charge < -0.3 is 9.84 Å². The van der Waals surface area contributed by atoms with Crippen LogP contribution in [-0.4, -0.2) is 20.8 Å². The van der Waals surface area contributed by atoms with Crippen LogP contribution in [0, 0.1) is 27.7 Å². The Bertz CT molecular complexity index is 605. The summed E-state index contributed by atoms with van der Waals surface area (Å²) in [6.07, 6.45) is 0. The normalized spacial score (nSPS) is 10.8. The molecular weight excluding hydrogens is 244 g/mol. The fourth-order valence-electron chi connectivity index (χ4n) is 2.11. The SMILES string of the molecule is Cc1noc(C)c1CNC(=O)c1c(C)nn(C)c1C. The van der Waals surface area contributed by atoms with Crippen LogP contribution >= 0.6 is 0 Å². The molecule has 0 aliphatic heterocycles. The van der Waals surface area contributed by atoms with Crippen molar-refractivity contribution in [2.45, 2.75) is 34.2 Å². The number of hydrogen-bond acceptors (Lipinski definition) is 4. The molecule has 102 valence electrons. The Morgan fingerprint density at radius 3 is 2.42 bits per heavy atom. The van der Waals surface area contributed by atoms with Crippen molar-refractivity contribution in [3.63, 3.8) is 0 Å². The number of hydrogen-bond donors (Lipinski definition) is 1. The van der Waals surface area contributed by atoms with Gasteiger partial charge in [0.25, 0.3) is 5.91 Å².